The zero-order valence-electron chi connectivity index (χ0n) is 25.8. The van der Waals surface area contributed by atoms with Crippen molar-refractivity contribution >= 4 is 44.6 Å². The lowest BCUT2D eigenvalue weighted by Gasteiger charge is -2.16. The Morgan fingerprint density at radius 1 is 0.542 bits per heavy atom. The van der Waals surface area contributed by atoms with E-state index in [-0.39, 0.29) is 0 Å². The molecule has 3 aromatic heterocycles. The van der Waals surface area contributed by atoms with Gasteiger partial charge in [-0.1, -0.05) is 121 Å². The lowest BCUT2D eigenvalue weighted by Crippen LogP contribution is -2.29. The van der Waals surface area contributed by atoms with Crippen molar-refractivity contribution in [2.45, 2.75) is 6.42 Å². The summed E-state index contributed by atoms with van der Waals surface area (Å²) in [5.41, 5.74) is 9.49. The van der Waals surface area contributed by atoms with Crippen LogP contribution in [0.1, 0.15) is 6.42 Å². The molecule has 0 spiro atoms. The summed E-state index contributed by atoms with van der Waals surface area (Å²) in [6.45, 7) is 0. The van der Waals surface area contributed by atoms with Crippen LogP contribution in [0, 0.1) is 5.92 Å². The van der Waals surface area contributed by atoms with Gasteiger partial charge >= 0.3 is 0 Å². The minimum absolute atomic E-state index is 0.342. The maximum absolute atomic E-state index is 6.75. The fourth-order valence-corrected chi connectivity index (χ4v) is 7.24. The Morgan fingerprint density at radius 3 is 2.02 bits per heavy atom. The molecule has 3 heterocycles. The van der Waals surface area contributed by atoms with E-state index in [9.17, 15) is 0 Å². The van der Waals surface area contributed by atoms with Gasteiger partial charge in [-0.3, -0.25) is 0 Å². The van der Waals surface area contributed by atoms with Crippen LogP contribution in [-0.2, 0) is 0 Å². The highest BCUT2D eigenvalue weighted by Gasteiger charge is 2.24. The minimum atomic E-state index is 0.342. The number of hydrogen-bond acceptors (Lipinski definition) is 5. The molecule has 0 fully saturated rings. The lowest BCUT2D eigenvalue weighted by molar-refractivity contribution is 0.563. The summed E-state index contributed by atoms with van der Waals surface area (Å²) in [6, 6.07) is 38.9. The molecule has 0 aliphatic heterocycles. The van der Waals surface area contributed by atoms with Crippen molar-refractivity contribution in [2.75, 3.05) is 0 Å². The Bertz CT molecular complexity index is 2700. The molecule has 48 heavy (non-hydrogen) atoms. The van der Waals surface area contributed by atoms with E-state index in [0.29, 0.717) is 23.4 Å². The van der Waals surface area contributed by atoms with Gasteiger partial charge < -0.3 is 8.83 Å². The lowest BCUT2D eigenvalue weighted by atomic mass is 9.87. The van der Waals surface area contributed by atoms with Crippen molar-refractivity contribution in [1.82, 2.24) is 15.0 Å². The Labute approximate surface area is 275 Å². The largest absolute Gasteiger partial charge is 0.456 e. The average molecular weight is 618 g/mol. The van der Waals surface area contributed by atoms with Crippen LogP contribution in [0.2, 0.25) is 0 Å². The summed E-state index contributed by atoms with van der Waals surface area (Å²) in [5, 5.41) is 4.24. The summed E-state index contributed by atoms with van der Waals surface area (Å²) in [6.07, 6.45) is 11.9. The Morgan fingerprint density at radius 2 is 1.23 bits per heavy atom. The van der Waals surface area contributed by atoms with Gasteiger partial charge in [0.1, 0.15) is 22.2 Å². The predicted octanol–water partition coefficient (Wildman–Crippen LogP) is 9.26. The van der Waals surface area contributed by atoms with Crippen LogP contribution >= 0.6 is 0 Å². The second-order valence-electron chi connectivity index (χ2n) is 12.3. The van der Waals surface area contributed by atoms with E-state index in [0.717, 1.165) is 77.8 Å². The molecule has 1 unspecified atom stereocenters. The van der Waals surface area contributed by atoms with Gasteiger partial charge in [-0.15, -0.1) is 0 Å². The number of nitrogens with zero attached hydrogens (tertiary/aromatic N) is 3. The molecular weight excluding hydrogens is 590 g/mol. The highest BCUT2D eigenvalue weighted by molar-refractivity contribution is 6.17. The highest BCUT2D eigenvalue weighted by Crippen LogP contribution is 2.43. The number of aromatic nitrogens is 3. The molecule has 5 nitrogen and oxygen atoms in total. The standard InChI is InChI=1S/C43H27N3O2/c1-3-13-27(14-4-1)41-44-42(28-15-5-2-6-16-28)46-43(45-41)34-25-24-31(40-38(34)32-18-9-10-20-35(32)47-40)30-19-11-21-36-37(30)33-23-22-26-12-7-8-17-29(26)39(33)48-36/h1-21,23-26H,22H2. The van der Waals surface area contributed by atoms with Gasteiger partial charge in [-0.2, -0.15) is 0 Å². The van der Waals surface area contributed by atoms with Gasteiger partial charge in [-0.25, -0.2) is 15.0 Å². The van der Waals surface area contributed by atoms with Gasteiger partial charge in [-0.05, 0) is 36.2 Å². The summed E-state index contributed by atoms with van der Waals surface area (Å²) in [5.74, 6) is 2.18. The predicted molar refractivity (Wildman–Crippen MR) is 192 cm³/mol. The molecule has 0 amide bonds. The molecular formula is C43H27N3O2. The SMILES string of the molecule is C1=CC2=c3oc4cccc(-c5ccc(-c6nc(-c7ccccc7)nc(-c7ccccc7)n6)c6c5oc5ccccc56)c4c3=CCC2C=C1. The molecule has 0 bridgehead atoms. The molecule has 8 aromatic rings. The molecule has 2 aliphatic carbocycles. The van der Waals surface area contributed by atoms with Crippen LogP contribution in [0.4, 0.5) is 0 Å². The van der Waals surface area contributed by atoms with E-state index in [2.05, 4.69) is 66.8 Å². The first-order valence-electron chi connectivity index (χ1n) is 16.2. The number of allylic oxidation sites excluding steroid dienone is 4. The third-order valence-electron chi connectivity index (χ3n) is 9.48. The molecule has 2 aliphatic rings. The molecule has 5 aromatic carbocycles. The molecule has 0 saturated carbocycles. The van der Waals surface area contributed by atoms with Crippen molar-refractivity contribution in [3.8, 4) is 45.3 Å². The molecule has 226 valence electrons. The first-order chi connectivity index (χ1) is 23.8. The summed E-state index contributed by atoms with van der Waals surface area (Å²) >= 11 is 0. The van der Waals surface area contributed by atoms with Gasteiger partial charge in [0.15, 0.2) is 17.5 Å². The van der Waals surface area contributed by atoms with Crippen LogP contribution in [0.5, 0.6) is 0 Å². The zero-order valence-corrected chi connectivity index (χ0v) is 25.8. The van der Waals surface area contributed by atoms with E-state index in [1.807, 2.05) is 78.9 Å². The molecule has 0 N–H and O–H groups in total. The van der Waals surface area contributed by atoms with Crippen LogP contribution in [0.25, 0.3) is 89.8 Å². The summed E-state index contributed by atoms with van der Waals surface area (Å²) in [7, 11) is 0. The Balaban J connectivity index is 1.26. The first kappa shape index (κ1) is 26.8. The van der Waals surface area contributed by atoms with Crippen LogP contribution < -0.4 is 10.6 Å². The normalized spacial score (nSPS) is 15.2. The van der Waals surface area contributed by atoms with Gasteiger partial charge in [0.05, 0.1) is 0 Å². The highest BCUT2D eigenvalue weighted by atomic mass is 16.3. The van der Waals surface area contributed by atoms with E-state index < -0.39 is 0 Å². The number of benzene rings is 5. The fraction of sp³-hybridized carbons (Fsp3) is 0.0465. The Kier molecular flexibility index (Phi) is 5.93. The summed E-state index contributed by atoms with van der Waals surface area (Å²) in [4.78, 5) is 15.1. The number of fused-ring (bicyclic) bond motifs is 7. The third kappa shape index (κ3) is 4.14. The maximum Gasteiger partial charge on any atom is 0.164 e. The van der Waals surface area contributed by atoms with Gasteiger partial charge in [0.25, 0.3) is 0 Å². The maximum atomic E-state index is 6.75. The van der Waals surface area contributed by atoms with E-state index in [1.54, 1.807) is 0 Å². The van der Waals surface area contributed by atoms with E-state index >= 15 is 0 Å². The van der Waals surface area contributed by atoms with Crippen LogP contribution in [-0.4, -0.2) is 15.0 Å². The van der Waals surface area contributed by atoms with Crippen molar-refractivity contribution in [3.63, 3.8) is 0 Å². The van der Waals surface area contributed by atoms with Crippen LogP contribution in [0.3, 0.4) is 0 Å². The molecule has 5 heteroatoms. The molecule has 10 rings (SSSR count). The molecule has 0 radical (unpaired) electrons. The second kappa shape index (κ2) is 10.6. The van der Waals surface area contributed by atoms with Gasteiger partial charge in [0.2, 0.25) is 0 Å². The minimum Gasteiger partial charge on any atom is -0.456 e. The first-order valence-corrected chi connectivity index (χ1v) is 16.2. The fourth-order valence-electron chi connectivity index (χ4n) is 7.24. The molecule has 0 saturated heterocycles. The van der Waals surface area contributed by atoms with E-state index in [4.69, 9.17) is 23.8 Å². The Hall–Kier alpha value is -6.33. The van der Waals surface area contributed by atoms with Crippen molar-refractivity contribution in [2.24, 2.45) is 5.92 Å². The quantitative estimate of drug-likeness (QED) is 0.197. The number of hydrogen-bond donors (Lipinski definition) is 0. The number of para-hydroxylation sites is 1. The van der Waals surface area contributed by atoms with Crippen LogP contribution in [0.15, 0.2) is 148 Å². The smallest absolute Gasteiger partial charge is 0.164 e. The average Bonchev–Trinajstić information content (AvgIpc) is 3.75. The summed E-state index contributed by atoms with van der Waals surface area (Å²) < 4.78 is 13.3. The molecule has 1 atom stereocenters. The van der Waals surface area contributed by atoms with Crippen molar-refractivity contribution in [3.05, 3.63) is 150 Å². The van der Waals surface area contributed by atoms with Crippen molar-refractivity contribution < 1.29 is 8.83 Å². The van der Waals surface area contributed by atoms with Gasteiger partial charge in [0, 0.05) is 55.1 Å². The van der Waals surface area contributed by atoms with Crippen molar-refractivity contribution in [1.29, 1.82) is 0 Å². The zero-order chi connectivity index (χ0) is 31.6. The second-order valence-corrected chi connectivity index (χ2v) is 12.3. The number of rotatable bonds is 4. The number of furan rings is 2. The topological polar surface area (TPSA) is 65.0 Å². The third-order valence-corrected chi connectivity index (χ3v) is 9.48. The van der Waals surface area contributed by atoms with E-state index in [1.165, 1.54) is 5.57 Å². The monoisotopic (exact) mass is 617 g/mol.